The number of carbonyl (C=O) groups excluding carboxylic acids is 2. The second-order valence-electron chi connectivity index (χ2n) is 6.32. The first kappa shape index (κ1) is 20.9. The van der Waals surface area contributed by atoms with Crippen molar-refractivity contribution in [1.82, 2.24) is 15.3 Å². The van der Waals surface area contributed by atoms with Gasteiger partial charge in [0.25, 0.3) is 5.91 Å². The van der Waals surface area contributed by atoms with Crippen LogP contribution in [0.5, 0.6) is 0 Å². The number of halogens is 3. The summed E-state index contributed by atoms with van der Waals surface area (Å²) in [6.07, 6.45) is -0.926. The van der Waals surface area contributed by atoms with Crippen LogP contribution in [-0.2, 0) is 4.74 Å². The van der Waals surface area contributed by atoms with Gasteiger partial charge in [-0.05, 0) is 20.3 Å². The molecule has 7 nitrogen and oxygen atoms in total. The molecule has 0 unspecified atom stereocenters. The maximum atomic E-state index is 14.7. The van der Waals surface area contributed by atoms with Crippen molar-refractivity contribution in [2.24, 2.45) is 0 Å². The number of alkyl halides is 1. The molecular weight excluding hydrogens is 430 g/mol. The number of aromatic amines is 1. The van der Waals surface area contributed by atoms with E-state index in [2.05, 4.69) is 15.3 Å². The van der Waals surface area contributed by atoms with Crippen LogP contribution in [-0.4, -0.2) is 53.8 Å². The van der Waals surface area contributed by atoms with Gasteiger partial charge in [-0.3, -0.25) is 4.79 Å². The minimum Gasteiger partial charge on any atom is -0.461 e. The summed E-state index contributed by atoms with van der Waals surface area (Å²) in [5.74, 6) is -0.999. The van der Waals surface area contributed by atoms with Crippen LogP contribution in [0.4, 0.5) is 9.52 Å². The van der Waals surface area contributed by atoms with Crippen molar-refractivity contribution in [1.29, 1.82) is 0 Å². The maximum Gasteiger partial charge on any atom is 0.357 e. The van der Waals surface area contributed by atoms with E-state index in [1.165, 1.54) is 11.3 Å². The molecule has 0 radical (unpaired) electrons. The SMILES string of the molecule is CCOC(=O)c1csc(N2CC[C@@H](NC(=O)c3[nH]c(C)c(Cl)c3Cl)[C@@H](F)C2)n1. The smallest absolute Gasteiger partial charge is 0.357 e. The number of piperidine rings is 1. The summed E-state index contributed by atoms with van der Waals surface area (Å²) in [7, 11) is 0. The Hall–Kier alpha value is -1.84. The van der Waals surface area contributed by atoms with E-state index < -0.39 is 24.1 Å². The highest BCUT2D eigenvalue weighted by molar-refractivity contribution is 7.13. The van der Waals surface area contributed by atoms with Crippen molar-refractivity contribution in [2.75, 3.05) is 24.6 Å². The van der Waals surface area contributed by atoms with Crippen molar-refractivity contribution in [3.05, 3.63) is 32.5 Å². The van der Waals surface area contributed by atoms with E-state index in [0.29, 0.717) is 23.8 Å². The number of ether oxygens (including phenoxy) is 1. The molecule has 1 aliphatic rings. The van der Waals surface area contributed by atoms with Crippen LogP contribution in [0.2, 0.25) is 10.0 Å². The fourth-order valence-electron chi connectivity index (χ4n) is 2.92. The Kier molecular flexibility index (Phi) is 6.47. The molecule has 152 valence electrons. The van der Waals surface area contributed by atoms with Gasteiger partial charge in [0.2, 0.25) is 0 Å². The molecule has 3 heterocycles. The van der Waals surface area contributed by atoms with Gasteiger partial charge in [0.1, 0.15) is 11.9 Å². The minimum atomic E-state index is -1.31. The lowest BCUT2D eigenvalue weighted by Crippen LogP contribution is -2.52. The summed E-state index contributed by atoms with van der Waals surface area (Å²) >= 11 is 13.3. The van der Waals surface area contributed by atoms with Gasteiger partial charge in [-0.25, -0.2) is 14.2 Å². The first-order chi connectivity index (χ1) is 13.3. The molecule has 0 saturated carbocycles. The van der Waals surface area contributed by atoms with E-state index in [1.54, 1.807) is 24.1 Å². The Morgan fingerprint density at radius 3 is 2.82 bits per heavy atom. The lowest BCUT2D eigenvalue weighted by atomic mass is 10.0. The minimum absolute atomic E-state index is 0.0545. The third-order valence-corrected chi connectivity index (χ3v) is 6.23. The summed E-state index contributed by atoms with van der Waals surface area (Å²) in [5, 5.41) is 5.21. The molecule has 3 rings (SSSR count). The van der Waals surface area contributed by atoms with Crippen molar-refractivity contribution < 1.29 is 18.7 Å². The number of hydrogen-bond acceptors (Lipinski definition) is 6. The molecule has 0 aromatic carbocycles. The number of anilines is 1. The zero-order chi connectivity index (χ0) is 20.4. The highest BCUT2D eigenvalue weighted by Gasteiger charge is 2.33. The summed E-state index contributed by atoms with van der Waals surface area (Å²) in [6.45, 7) is 4.21. The molecular formula is C17H19Cl2FN4O3S. The van der Waals surface area contributed by atoms with E-state index in [1.807, 2.05) is 0 Å². The van der Waals surface area contributed by atoms with Crippen molar-refractivity contribution >= 4 is 51.5 Å². The summed E-state index contributed by atoms with van der Waals surface area (Å²) < 4.78 is 19.6. The average Bonchev–Trinajstić information content (AvgIpc) is 3.25. The molecule has 2 aromatic rings. The number of carbonyl (C=O) groups is 2. The highest BCUT2D eigenvalue weighted by Crippen LogP contribution is 2.30. The topological polar surface area (TPSA) is 87.3 Å². The van der Waals surface area contributed by atoms with E-state index in [0.717, 1.165) is 0 Å². The third-order valence-electron chi connectivity index (χ3n) is 4.39. The number of nitrogens with one attached hydrogen (secondary N) is 2. The van der Waals surface area contributed by atoms with Crippen molar-refractivity contribution in [3.63, 3.8) is 0 Å². The van der Waals surface area contributed by atoms with Gasteiger partial charge in [0.15, 0.2) is 10.8 Å². The number of H-pyrrole nitrogens is 1. The van der Waals surface area contributed by atoms with Gasteiger partial charge >= 0.3 is 5.97 Å². The number of amides is 1. The second kappa shape index (κ2) is 8.67. The predicted molar refractivity (Wildman–Crippen MR) is 107 cm³/mol. The van der Waals surface area contributed by atoms with Crippen LogP contribution in [0.1, 0.15) is 40.0 Å². The third kappa shape index (κ3) is 4.26. The second-order valence-corrected chi connectivity index (χ2v) is 7.91. The van der Waals surface area contributed by atoms with Gasteiger partial charge in [-0.1, -0.05) is 23.2 Å². The van der Waals surface area contributed by atoms with Crippen molar-refractivity contribution in [3.8, 4) is 0 Å². The van der Waals surface area contributed by atoms with Gasteiger partial charge in [0, 0.05) is 17.6 Å². The highest BCUT2D eigenvalue weighted by atomic mass is 35.5. The van der Waals surface area contributed by atoms with Crippen LogP contribution in [0.3, 0.4) is 0 Å². The average molecular weight is 449 g/mol. The van der Waals surface area contributed by atoms with Crippen LogP contribution in [0.15, 0.2) is 5.38 Å². The summed E-state index contributed by atoms with van der Waals surface area (Å²) in [4.78, 5) is 32.9. The number of rotatable bonds is 5. The zero-order valence-corrected chi connectivity index (χ0v) is 17.6. The molecule has 2 atom stereocenters. The van der Waals surface area contributed by atoms with E-state index >= 15 is 0 Å². The molecule has 1 amide bonds. The van der Waals surface area contributed by atoms with Gasteiger partial charge in [0.05, 0.1) is 29.2 Å². The molecule has 2 aromatic heterocycles. The molecule has 0 aliphatic carbocycles. The number of aryl methyl sites for hydroxylation is 1. The Balaban J connectivity index is 1.61. The number of esters is 1. The van der Waals surface area contributed by atoms with Gasteiger partial charge < -0.3 is 19.9 Å². The molecule has 0 spiro atoms. The van der Waals surface area contributed by atoms with Gasteiger partial charge in [-0.15, -0.1) is 11.3 Å². The van der Waals surface area contributed by atoms with Crippen LogP contribution >= 0.6 is 34.5 Å². The number of nitrogens with zero attached hydrogens (tertiary/aromatic N) is 2. The first-order valence-corrected chi connectivity index (χ1v) is 10.3. The number of hydrogen-bond donors (Lipinski definition) is 2. The number of thiazole rings is 1. The Labute approximate surface area is 175 Å². The predicted octanol–water partition coefficient (Wildman–Crippen LogP) is 3.61. The monoisotopic (exact) mass is 448 g/mol. The van der Waals surface area contributed by atoms with Crippen LogP contribution in [0, 0.1) is 6.92 Å². The molecule has 11 heteroatoms. The molecule has 1 fully saturated rings. The molecule has 1 saturated heterocycles. The summed E-state index contributed by atoms with van der Waals surface area (Å²) in [6, 6.07) is -0.660. The fourth-order valence-corrected chi connectivity index (χ4v) is 4.17. The molecule has 28 heavy (non-hydrogen) atoms. The van der Waals surface area contributed by atoms with Crippen LogP contribution in [0.25, 0.3) is 0 Å². The zero-order valence-electron chi connectivity index (χ0n) is 15.2. The van der Waals surface area contributed by atoms with Crippen molar-refractivity contribution in [2.45, 2.75) is 32.5 Å². The standard InChI is InChI=1S/C17H19Cl2FN4O3S/c1-3-27-16(26)11-7-28-17(23-11)24-5-4-10(9(20)6-24)22-15(25)14-13(19)12(18)8(2)21-14/h7,9-10,21H,3-6H2,1-2H3,(H,22,25)/t9-,10+/m0/s1. The maximum absolute atomic E-state index is 14.7. The van der Waals surface area contributed by atoms with E-state index in [4.69, 9.17) is 27.9 Å². The quantitative estimate of drug-likeness (QED) is 0.682. The normalized spacial score (nSPS) is 19.5. The lowest BCUT2D eigenvalue weighted by Gasteiger charge is -2.34. The molecule has 2 N–H and O–H groups in total. The largest absolute Gasteiger partial charge is 0.461 e. The summed E-state index contributed by atoms with van der Waals surface area (Å²) in [5.41, 5.74) is 0.906. The van der Waals surface area contributed by atoms with Gasteiger partial charge in [-0.2, -0.15) is 0 Å². The Morgan fingerprint density at radius 1 is 1.46 bits per heavy atom. The van der Waals surface area contributed by atoms with E-state index in [-0.39, 0.29) is 34.6 Å². The Morgan fingerprint density at radius 2 is 2.21 bits per heavy atom. The first-order valence-electron chi connectivity index (χ1n) is 8.67. The van der Waals surface area contributed by atoms with E-state index in [9.17, 15) is 14.0 Å². The van der Waals surface area contributed by atoms with Crippen LogP contribution < -0.4 is 10.2 Å². The lowest BCUT2D eigenvalue weighted by molar-refractivity contribution is 0.0520. The Bertz CT molecular complexity index is 888. The fraction of sp³-hybridized carbons (Fsp3) is 0.471. The molecule has 0 bridgehead atoms. The number of aromatic nitrogens is 2. The molecule has 1 aliphatic heterocycles.